The van der Waals surface area contributed by atoms with Crippen LogP contribution in [0.1, 0.15) is 56.9 Å². The van der Waals surface area contributed by atoms with Crippen molar-refractivity contribution < 1.29 is 0 Å². The van der Waals surface area contributed by atoms with Crippen LogP contribution in [-0.2, 0) is 0 Å². The van der Waals surface area contributed by atoms with Gasteiger partial charge in [-0.1, -0.05) is 48.4 Å². The zero-order valence-corrected chi connectivity index (χ0v) is 14.0. The largest absolute Gasteiger partial charge is 0.330 e. The Bertz CT molecular complexity index is 596. The molecule has 23 heavy (non-hydrogen) atoms. The number of hydrogen-bond donors (Lipinski definition) is 1. The Morgan fingerprint density at radius 1 is 1.04 bits per heavy atom. The van der Waals surface area contributed by atoms with E-state index in [9.17, 15) is 0 Å². The van der Waals surface area contributed by atoms with Crippen LogP contribution in [0.2, 0.25) is 0 Å². The molecule has 0 radical (unpaired) electrons. The Labute approximate surface area is 140 Å². The van der Waals surface area contributed by atoms with Crippen molar-refractivity contribution in [1.82, 2.24) is 0 Å². The number of aliphatic imine (C=N–C) groups is 1. The summed E-state index contributed by atoms with van der Waals surface area (Å²) in [6, 6.07) is 10.7. The van der Waals surface area contributed by atoms with Crippen LogP contribution in [0, 0.1) is 5.92 Å². The van der Waals surface area contributed by atoms with Gasteiger partial charge in [-0.15, -0.1) is 0 Å². The summed E-state index contributed by atoms with van der Waals surface area (Å²) >= 11 is 0. The first-order chi connectivity index (χ1) is 11.4. The van der Waals surface area contributed by atoms with Crippen LogP contribution in [0.3, 0.4) is 0 Å². The maximum absolute atomic E-state index is 5.80. The number of rotatable bonds is 3. The highest BCUT2D eigenvalue weighted by atomic mass is 14.7. The van der Waals surface area contributed by atoms with Crippen molar-refractivity contribution >= 4 is 5.71 Å². The summed E-state index contributed by atoms with van der Waals surface area (Å²) in [7, 11) is 0. The molecular formula is C21H28N2. The van der Waals surface area contributed by atoms with Crippen molar-refractivity contribution in [3.8, 4) is 0 Å². The fourth-order valence-corrected chi connectivity index (χ4v) is 3.89. The van der Waals surface area contributed by atoms with Crippen LogP contribution in [0.4, 0.5) is 0 Å². The fourth-order valence-electron chi connectivity index (χ4n) is 3.89. The Hall–Kier alpha value is -1.67. The number of nitrogens with zero attached hydrogens (tertiary/aromatic N) is 1. The molecule has 0 spiro atoms. The third-order valence-corrected chi connectivity index (χ3v) is 5.15. The summed E-state index contributed by atoms with van der Waals surface area (Å²) in [5, 5.41) is 0. The second kappa shape index (κ2) is 8.26. The second-order valence-corrected chi connectivity index (χ2v) is 6.72. The van der Waals surface area contributed by atoms with Gasteiger partial charge in [-0.2, -0.15) is 0 Å². The third kappa shape index (κ3) is 4.20. The van der Waals surface area contributed by atoms with Crippen LogP contribution in [0.5, 0.6) is 0 Å². The molecule has 1 unspecified atom stereocenters. The topological polar surface area (TPSA) is 38.4 Å². The summed E-state index contributed by atoms with van der Waals surface area (Å²) in [6.45, 7) is 0.818. The maximum atomic E-state index is 5.80. The maximum Gasteiger partial charge on any atom is 0.0733 e. The van der Waals surface area contributed by atoms with Gasteiger partial charge in [-0.25, -0.2) is 0 Å². The molecule has 1 aliphatic heterocycles. The minimum Gasteiger partial charge on any atom is -0.330 e. The van der Waals surface area contributed by atoms with Gasteiger partial charge in [0, 0.05) is 11.8 Å². The van der Waals surface area contributed by atoms with E-state index >= 15 is 0 Å². The van der Waals surface area contributed by atoms with Gasteiger partial charge in [-0.3, -0.25) is 4.99 Å². The first kappa shape index (κ1) is 16.2. The normalized spacial score (nSPS) is 22.5. The Balaban J connectivity index is 1.94. The van der Waals surface area contributed by atoms with Crippen molar-refractivity contribution in [3.05, 3.63) is 59.3 Å². The minimum atomic E-state index is 0.784. The highest BCUT2D eigenvalue weighted by Crippen LogP contribution is 2.33. The molecule has 1 aliphatic carbocycles. The van der Waals surface area contributed by atoms with Crippen LogP contribution < -0.4 is 5.73 Å². The van der Waals surface area contributed by atoms with E-state index in [-0.39, 0.29) is 0 Å². The smallest absolute Gasteiger partial charge is 0.0733 e. The van der Waals surface area contributed by atoms with Crippen LogP contribution >= 0.6 is 0 Å². The molecule has 1 aromatic carbocycles. The van der Waals surface area contributed by atoms with E-state index in [4.69, 9.17) is 10.7 Å². The summed E-state index contributed by atoms with van der Waals surface area (Å²) in [5.41, 5.74) is 11.4. The number of hydrogen-bond acceptors (Lipinski definition) is 2. The van der Waals surface area contributed by atoms with Gasteiger partial charge in [0.1, 0.15) is 0 Å². The van der Waals surface area contributed by atoms with Crippen LogP contribution in [0.15, 0.2) is 58.7 Å². The summed E-state index contributed by atoms with van der Waals surface area (Å²) in [6.07, 6.45) is 14.0. The monoisotopic (exact) mass is 308 g/mol. The molecule has 0 bridgehead atoms. The molecule has 2 aliphatic rings. The average Bonchev–Trinajstić information content (AvgIpc) is 2.55. The lowest BCUT2D eigenvalue weighted by molar-refractivity contribution is 0.405. The van der Waals surface area contributed by atoms with Gasteiger partial charge in [0.2, 0.25) is 0 Å². The number of nitrogens with two attached hydrogens (primary N) is 1. The lowest BCUT2D eigenvalue weighted by atomic mass is 9.81. The summed E-state index contributed by atoms with van der Waals surface area (Å²) < 4.78 is 0. The molecule has 2 N–H and O–H groups in total. The quantitative estimate of drug-likeness (QED) is 0.837. The zero-order valence-electron chi connectivity index (χ0n) is 14.0. The average molecular weight is 308 g/mol. The van der Waals surface area contributed by atoms with Crippen molar-refractivity contribution in [3.63, 3.8) is 0 Å². The minimum absolute atomic E-state index is 0.784. The van der Waals surface area contributed by atoms with Crippen LogP contribution in [-0.4, -0.2) is 12.3 Å². The molecule has 2 nitrogen and oxygen atoms in total. The fraction of sp³-hybridized carbons (Fsp3) is 0.476. The molecule has 0 amide bonds. The standard InChI is InChI=1S/C21H28N2/c22-15-14-17-7-6-11-18-8-4-5-16-23-21(20(18)13-12-17)19-9-2-1-3-10-19/h1-3,5,9-10,16-17H,4,6-8,11-15,22H2. The molecule has 3 rings (SSSR count). The molecule has 0 saturated carbocycles. The summed E-state index contributed by atoms with van der Waals surface area (Å²) in [5.74, 6) is 0.784. The number of allylic oxidation sites excluding steroid dienone is 3. The molecule has 2 heteroatoms. The highest BCUT2D eigenvalue weighted by Gasteiger charge is 2.20. The molecule has 1 aromatic rings. The molecule has 1 heterocycles. The SMILES string of the molecule is NCCC1CCCC2=C(CC1)C(c1ccccc1)=NC=CCC2. The highest BCUT2D eigenvalue weighted by molar-refractivity contribution is 6.13. The predicted molar refractivity (Wildman–Crippen MR) is 98.6 cm³/mol. The Morgan fingerprint density at radius 2 is 1.91 bits per heavy atom. The second-order valence-electron chi connectivity index (χ2n) is 6.72. The lowest BCUT2D eigenvalue weighted by Crippen LogP contribution is -2.16. The number of benzene rings is 1. The molecule has 0 aromatic heterocycles. The lowest BCUT2D eigenvalue weighted by Gasteiger charge is -2.25. The first-order valence-corrected chi connectivity index (χ1v) is 9.08. The molecule has 122 valence electrons. The van der Waals surface area contributed by atoms with E-state index in [2.05, 4.69) is 36.4 Å². The van der Waals surface area contributed by atoms with Gasteiger partial charge in [0.15, 0.2) is 0 Å². The van der Waals surface area contributed by atoms with Gasteiger partial charge in [0.05, 0.1) is 5.71 Å². The Kier molecular flexibility index (Phi) is 5.82. The van der Waals surface area contributed by atoms with E-state index in [1.165, 1.54) is 55.4 Å². The molecular weight excluding hydrogens is 280 g/mol. The van der Waals surface area contributed by atoms with Gasteiger partial charge >= 0.3 is 0 Å². The summed E-state index contributed by atoms with van der Waals surface area (Å²) in [4.78, 5) is 4.83. The van der Waals surface area contributed by atoms with Crippen molar-refractivity contribution in [2.24, 2.45) is 16.6 Å². The van der Waals surface area contributed by atoms with Crippen molar-refractivity contribution in [2.75, 3.05) is 6.54 Å². The van der Waals surface area contributed by atoms with Gasteiger partial charge < -0.3 is 5.73 Å². The molecule has 0 saturated heterocycles. The predicted octanol–water partition coefficient (Wildman–Crippen LogP) is 5.01. The van der Waals surface area contributed by atoms with E-state index in [0.29, 0.717) is 0 Å². The Morgan fingerprint density at radius 3 is 2.74 bits per heavy atom. The van der Waals surface area contributed by atoms with Crippen molar-refractivity contribution in [1.29, 1.82) is 0 Å². The van der Waals surface area contributed by atoms with Crippen molar-refractivity contribution in [2.45, 2.75) is 51.4 Å². The molecule has 1 atom stereocenters. The van der Waals surface area contributed by atoms with Crippen LogP contribution in [0.25, 0.3) is 0 Å². The van der Waals surface area contributed by atoms with Gasteiger partial charge in [0.25, 0.3) is 0 Å². The first-order valence-electron chi connectivity index (χ1n) is 9.08. The molecule has 0 fully saturated rings. The van der Waals surface area contributed by atoms with E-state index in [0.717, 1.165) is 25.3 Å². The van der Waals surface area contributed by atoms with E-state index < -0.39 is 0 Å². The zero-order chi connectivity index (χ0) is 15.9. The van der Waals surface area contributed by atoms with E-state index in [1.54, 1.807) is 5.57 Å². The third-order valence-electron chi connectivity index (χ3n) is 5.15. The van der Waals surface area contributed by atoms with Gasteiger partial charge in [-0.05, 0) is 63.0 Å². The van der Waals surface area contributed by atoms with E-state index in [1.807, 2.05) is 6.20 Å².